The number of hydrogen-bond donors (Lipinski definition) is 0. The lowest BCUT2D eigenvalue weighted by molar-refractivity contribution is 0.666. The molecular formula is C55H36N6OS. The lowest BCUT2D eigenvalue weighted by Crippen LogP contribution is -2.11. The molecule has 1 aliphatic rings. The fourth-order valence-electron chi connectivity index (χ4n) is 8.98. The maximum Gasteiger partial charge on any atom is 0.180 e. The first-order valence-electron chi connectivity index (χ1n) is 20.9. The van der Waals surface area contributed by atoms with Crippen LogP contribution in [-0.4, -0.2) is 34.7 Å². The summed E-state index contributed by atoms with van der Waals surface area (Å²) in [4.78, 5) is 26.8. The summed E-state index contributed by atoms with van der Waals surface area (Å²) in [5.74, 6) is 2.28. The van der Waals surface area contributed by atoms with Crippen LogP contribution in [0, 0.1) is 0 Å². The zero-order valence-electron chi connectivity index (χ0n) is 33.9. The van der Waals surface area contributed by atoms with Crippen molar-refractivity contribution in [2.45, 2.75) is 16.1 Å². The van der Waals surface area contributed by atoms with Crippen molar-refractivity contribution in [2.75, 3.05) is 0 Å². The molecule has 1 aliphatic heterocycles. The van der Waals surface area contributed by atoms with Crippen molar-refractivity contribution in [3.63, 3.8) is 0 Å². The monoisotopic (exact) mass is 828 g/mol. The van der Waals surface area contributed by atoms with Crippen LogP contribution in [0.1, 0.15) is 17.3 Å². The van der Waals surface area contributed by atoms with Gasteiger partial charge >= 0.3 is 0 Å². The summed E-state index contributed by atoms with van der Waals surface area (Å²) in [6.07, 6.45) is 2.00. The maximum atomic E-state index is 6.39. The fraction of sp³-hybridized carbons (Fsp3) is 0.0364. The van der Waals surface area contributed by atoms with Gasteiger partial charge in [-0.1, -0.05) is 134 Å². The smallest absolute Gasteiger partial charge is 0.180 e. The van der Waals surface area contributed by atoms with E-state index in [2.05, 4.69) is 115 Å². The first-order chi connectivity index (χ1) is 31.1. The molecule has 2 atom stereocenters. The maximum absolute atomic E-state index is 6.39. The van der Waals surface area contributed by atoms with Crippen molar-refractivity contribution in [2.24, 2.45) is 0 Å². The first kappa shape index (κ1) is 36.9. The zero-order valence-corrected chi connectivity index (χ0v) is 34.7. The Kier molecular flexibility index (Phi) is 8.72. The van der Waals surface area contributed by atoms with Crippen LogP contribution in [0.4, 0.5) is 0 Å². The van der Waals surface area contributed by atoms with Gasteiger partial charge in [-0.3, -0.25) is 0 Å². The van der Waals surface area contributed by atoms with Gasteiger partial charge in [-0.15, -0.1) is 18.3 Å². The SMILES string of the molecule is C=CC1Sc2cc(-c3nc(-c4ccccc4)nc(-c4ccc5c(c4)c4ccccc4n5-c4ccccc4)n3)ccc2C1C(=C)c1nc(-c2ccccc2)c2oc3ccccc3c2n1. The molecule has 5 heterocycles. The highest BCUT2D eigenvalue weighted by molar-refractivity contribution is 8.00. The Hall–Kier alpha value is -7.94. The number of aromatic nitrogens is 6. The summed E-state index contributed by atoms with van der Waals surface area (Å²) in [5, 5.41) is 3.24. The number of thioether (sulfide) groups is 1. The molecule has 0 amide bonds. The van der Waals surface area contributed by atoms with Crippen LogP contribution >= 0.6 is 11.8 Å². The van der Waals surface area contributed by atoms with Gasteiger partial charge in [0.05, 0.1) is 11.0 Å². The van der Waals surface area contributed by atoms with Crippen LogP contribution in [0.25, 0.3) is 101 Å². The van der Waals surface area contributed by atoms with Gasteiger partial charge in [0.1, 0.15) is 16.8 Å². The molecule has 11 aromatic rings. The normalized spacial score (nSPS) is 14.7. The summed E-state index contributed by atoms with van der Waals surface area (Å²) in [6.45, 7) is 8.97. The molecule has 0 N–H and O–H groups in total. The van der Waals surface area contributed by atoms with Crippen LogP contribution in [-0.2, 0) is 0 Å². The molecule has 298 valence electrons. The molecule has 7 nitrogen and oxygen atoms in total. The Balaban J connectivity index is 0.963. The van der Waals surface area contributed by atoms with Gasteiger partial charge in [0.15, 0.2) is 28.9 Å². The third-order valence-electron chi connectivity index (χ3n) is 12.0. The largest absolute Gasteiger partial charge is 0.452 e. The van der Waals surface area contributed by atoms with Crippen LogP contribution in [0.5, 0.6) is 0 Å². The lowest BCUT2D eigenvalue weighted by Gasteiger charge is -2.19. The minimum absolute atomic E-state index is 0.00172. The topological polar surface area (TPSA) is 82.5 Å². The van der Waals surface area contributed by atoms with Gasteiger partial charge in [0, 0.05) is 60.2 Å². The Morgan fingerprint density at radius 2 is 1.16 bits per heavy atom. The Labute approximate surface area is 367 Å². The number of para-hydroxylation sites is 3. The summed E-state index contributed by atoms with van der Waals surface area (Å²) >= 11 is 1.76. The predicted molar refractivity (Wildman–Crippen MR) is 257 cm³/mol. The van der Waals surface area contributed by atoms with E-state index < -0.39 is 0 Å². The Morgan fingerprint density at radius 1 is 0.556 bits per heavy atom. The molecule has 7 aromatic carbocycles. The molecule has 12 rings (SSSR count). The fourth-order valence-corrected chi connectivity index (χ4v) is 10.3. The van der Waals surface area contributed by atoms with E-state index in [9.17, 15) is 0 Å². The molecule has 0 fully saturated rings. The van der Waals surface area contributed by atoms with Gasteiger partial charge in [-0.2, -0.15) is 0 Å². The number of allylic oxidation sites excluding steroid dienone is 1. The number of rotatable bonds is 8. The van der Waals surface area contributed by atoms with E-state index in [0.717, 1.165) is 82.6 Å². The average Bonchev–Trinajstić information content (AvgIpc) is 4.03. The van der Waals surface area contributed by atoms with Crippen molar-refractivity contribution < 1.29 is 4.42 Å². The molecule has 0 bridgehead atoms. The summed E-state index contributed by atoms with van der Waals surface area (Å²) in [5.41, 5.74) is 12.0. The van der Waals surface area contributed by atoms with Gasteiger partial charge in [0.2, 0.25) is 0 Å². The van der Waals surface area contributed by atoms with Crippen molar-refractivity contribution in [3.05, 3.63) is 207 Å². The molecule has 0 saturated heterocycles. The molecule has 0 radical (unpaired) electrons. The number of benzene rings is 7. The van der Waals surface area contributed by atoms with E-state index in [0.29, 0.717) is 28.9 Å². The highest BCUT2D eigenvalue weighted by Gasteiger charge is 2.36. The van der Waals surface area contributed by atoms with Crippen LogP contribution in [0.2, 0.25) is 0 Å². The Morgan fingerprint density at radius 3 is 1.90 bits per heavy atom. The zero-order chi connectivity index (χ0) is 42.0. The number of fused-ring (bicyclic) bond motifs is 7. The van der Waals surface area contributed by atoms with Gasteiger partial charge in [0.25, 0.3) is 0 Å². The molecule has 63 heavy (non-hydrogen) atoms. The molecule has 4 aromatic heterocycles. The molecule has 2 unspecified atom stereocenters. The first-order valence-corrected chi connectivity index (χ1v) is 21.8. The summed E-state index contributed by atoms with van der Waals surface area (Å²) < 4.78 is 8.70. The van der Waals surface area contributed by atoms with Gasteiger partial charge in [-0.05, 0) is 65.7 Å². The number of furan rings is 1. The summed E-state index contributed by atoms with van der Waals surface area (Å²) in [6, 6.07) is 60.2. The Bertz CT molecular complexity index is 3600. The predicted octanol–water partition coefficient (Wildman–Crippen LogP) is 13.8. The standard InChI is InChI=1S/C55H36N6OS/c1-3-46-48(33(2)52-56-49(34-17-7-4-8-18-34)51-50(57-52)40-24-14-16-26-45(40)62-51)41-29-27-37(32-47(41)63-46)55-59-53(35-19-9-5-10-20-35)58-54(60-55)36-28-30-44-42(31-36)39-23-13-15-25-43(39)61(44)38-21-11-6-12-22-38/h3-32,46,48H,1-2H2. The second kappa shape index (κ2) is 14.9. The van der Waals surface area contributed by atoms with Crippen molar-refractivity contribution >= 4 is 61.2 Å². The highest BCUT2D eigenvalue weighted by atomic mass is 32.2. The van der Waals surface area contributed by atoms with E-state index in [1.807, 2.05) is 84.9 Å². The average molecular weight is 829 g/mol. The minimum Gasteiger partial charge on any atom is -0.452 e. The van der Waals surface area contributed by atoms with Crippen molar-refractivity contribution in [1.29, 1.82) is 0 Å². The third-order valence-corrected chi connectivity index (χ3v) is 13.3. The highest BCUT2D eigenvalue weighted by Crippen LogP contribution is 2.52. The molecule has 0 spiro atoms. The molecule has 0 saturated carbocycles. The molecule has 8 heteroatoms. The van der Waals surface area contributed by atoms with E-state index in [1.54, 1.807) is 11.8 Å². The number of hydrogen-bond acceptors (Lipinski definition) is 7. The van der Waals surface area contributed by atoms with Gasteiger partial charge in [-0.25, -0.2) is 24.9 Å². The van der Waals surface area contributed by atoms with Crippen LogP contribution in [0.3, 0.4) is 0 Å². The quantitative estimate of drug-likeness (QED) is 0.141. The lowest BCUT2D eigenvalue weighted by atomic mass is 9.88. The van der Waals surface area contributed by atoms with Crippen LogP contribution in [0.15, 0.2) is 204 Å². The minimum atomic E-state index is -0.116. The van der Waals surface area contributed by atoms with Crippen molar-refractivity contribution in [1.82, 2.24) is 29.5 Å². The number of nitrogens with zero attached hydrogens (tertiary/aromatic N) is 6. The van der Waals surface area contributed by atoms with Crippen molar-refractivity contribution in [3.8, 4) is 51.1 Å². The van der Waals surface area contributed by atoms with Gasteiger partial charge < -0.3 is 8.98 Å². The van der Waals surface area contributed by atoms with E-state index in [1.165, 1.54) is 5.39 Å². The third kappa shape index (κ3) is 6.17. The molecular weight excluding hydrogens is 793 g/mol. The van der Waals surface area contributed by atoms with E-state index in [-0.39, 0.29) is 11.2 Å². The van der Waals surface area contributed by atoms with E-state index >= 15 is 0 Å². The van der Waals surface area contributed by atoms with Crippen LogP contribution < -0.4 is 0 Å². The molecule has 0 aliphatic carbocycles. The summed E-state index contributed by atoms with van der Waals surface area (Å²) in [7, 11) is 0. The second-order valence-corrected chi connectivity index (χ2v) is 16.9. The van der Waals surface area contributed by atoms with E-state index in [4.69, 9.17) is 29.3 Å². The second-order valence-electron chi connectivity index (χ2n) is 15.7.